The van der Waals surface area contributed by atoms with E-state index in [9.17, 15) is 9.18 Å². The number of nitrogens with zero attached hydrogens (tertiary/aromatic N) is 2. The third-order valence-corrected chi connectivity index (χ3v) is 6.01. The topological polar surface area (TPSA) is 51.7 Å². The number of aromatic nitrogens is 1. The molecule has 1 aliphatic heterocycles. The standard InChI is InChI=1S/C24H25FN2O3S/c25-22-9-2-1-6-19(22)10-12-30-20-7-3-5-18(13-20)15-27(16-21-8-4-11-29-21)24(28)23-14-26-17-31-23/h1-3,5-7,9,13-14,17,21H,4,8,10-12,15-16H2. The van der Waals surface area contributed by atoms with Gasteiger partial charge in [0.25, 0.3) is 5.91 Å². The Hall–Kier alpha value is -2.77. The Morgan fingerprint density at radius 1 is 1.26 bits per heavy atom. The molecule has 3 aromatic rings. The summed E-state index contributed by atoms with van der Waals surface area (Å²) in [6.45, 7) is 2.14. The zero-order valence-corrected chi connectivity index (χ0v) is 18.0. The van der Waals surface area contributed by atoms with Gasteiger partial charge in [0, 0.05) is 26.1 Å². The molecule has 31 heavy (non-hydrogen) atoms. The van der Waals surface area contributed by atoms with Crippen LogP contribution >= 0.6 is 11.3 Å². The summed E-state index contributed by atoms with van der Waals surface area (Å²) in [5.74, 6) is 0.450. The van der Waals surface area contributed by atoms with Crippen LogP contribution in [-0.2, 0) is 17.7 Å². The Morgan fingerprint density at radius 2 is 2.16 bits per heavy atom. The molecule has 0 radical (unpaired) electrons. The van der Waals surface area contributed by atoms with Crippen LogP contribution in [0.25, 0.3) is 0 Å². The average molecular weight is 441 g/mol. The number of carbonyl (C=O) groups excluding carboxylic acids is 1. The minimum absolute atomic E-state index is 0.0381. The van der Waals surface area contributed by atoms with Crippen LogP contribution in [0.1, 0.15) is 33.6 Å². The average Bonchev–Trinajstić information content (AvgIpc) is 3.49. The number of carbonyl (C=O) groups is 1. The van der Waals surface area contributed by atoms with Crippen LogP contribution in [-0.4, -0.2) is 41.7 Å². The third kappa shape index (κ3) is 5.89. The van der Waals surface area contributed by atoms with Crippen molar-refractivity contribution in [2.45, 2.75) is 31.9 Å². The van der Waals surface area contributed by atoms with Gasteiger partial charge in [0.15, 0.2) is 0 Å². The number of ether oxygens (including phenoxy) is 2. The smallest absolute Gasteiger partial charge is 0.265 e. The number of amides is 1. The molecule has 5 nitrogen and oxygen atoms in total. The summed E-state index contributed by atoms with van der Waals surface area (Å²) in [7, 11) is 0. The Labute approximate surface area is 185 Å². The van der Waals surface area contributed by atoms with Gasteiger partial charge in [-0.25, -0.2) is 4.39 Å². The van der Waals surface area contributed by atoms with Gasteiger partial charge in [0.05, 0.1) is 24.4 Å². The van der Waals surface area contributed by atoms with Crippen molar-refractivity contribution in [1.29, 1.82) is 0 Å². The molecule has 4 rings (SSSR count). The first kappa shape index (κ1) is 21.5. The monoisotopic (exact) mass is 440 g/mol. The van der Waals surface area contributed by atoms with E-state index in [1.807, 2.05) is 35.2 Å². The van der Waals surface area contributed by atoms with E-state index in [4.69, 9.17) is 9.47 Å². The van der Waals surface area contributed by atoms with Crippen molar-refractivity contribution in [3.8, 4) is 5.75 Å². The Morgan fingerprint density at radius 3 is 2.94 bits per heavy atom. The van der Waals surface area contributed by atoms with Crippen molar-refractivity contribution < 1.29 is 18.7 Å². The van der Waals surface area contributed by atoms with Crippen molar-refractivity contribution in [1.82, 2.24) is 9.88 Å². The predicted molar refractivity (Wildman–Crippen MR) is 118 cm³/mol. The van der Waals surface area contributed by atoms with Crippen molar-refractivity contribution in [3.63, 3.8) is 0 Å². The molecule has 162 valence electrons. The molecule has 2 heterocycles. The van der Waals surface area contributed by atoms with Crippen LogP contribution in [0.5, 0.6) is 5.75 Å². The molecule has 0 saturated carbocycles. The van der Waals surface area contributed by atoms with E-state index in [0.29, 0.717) is 42.3 Å². The highest BCUT2D eigenvalue weighted by atomic mass is 32.1. The minimum Gasteiger partial charge on any atom is -0.493 e. The lowest BCUT2D eigenvalue weighted by Gasteiger charge is -2.25. The van der Waals surface area contributed by atoms with Crippen molar-refractivity contribution >= 4 is 17.2 Å². The molecular weight excluding hydrogens is 415 g/mol. The van der Waals surface area contributed by atoms with Gasteiger partial charge in [-0.3, -0.25) is 9.78 Å². The fraction of sp³-hybridized carbons (Fsp3) is 0.333. The first-order valence-electron chi connectivity index (χ1n) is 10.4. The van der Waals surface area contributed by atoms with Gasteiger partial charge < -0.3 is 14.4 Å². The Balaban J connectivity index is 1.40. The van der Waals surface area contributed by atoms with Gasteiger partial charge in [-0.05, 0) is 42.2 Å². The number of hydrogen-bond acceptors (Lipinski definition) is 5. The molecule has 1 unspecified atom stereocenters. The van der Waals surface area contributed by atoms with Crippen LogP contribution < -0.4 is 4.74 Å². The molecule has 0 aliphatic carbocycles. The molecule has 0 N–H and O–H groups in total. The van der Waals surface area contributed by atoms with Crippen LogP contribution in [0, 0.1) is 5.82 Å². The third-order valence-electron chi connectivity index (χ3n) is 5.25. The summed E-state index contributed by atoms with van der Waals surface area (Å²) < 4.78 is 25.4. The number of hydrogen-bond donors (Lipinski definition) is 0. The first-order valence-corrected chi connectivity index (χ1v) is 11.3. The zero-order chi connectivity index (χ0) is 21.5. The normalized spacial score (nSPS) is 15.7. The van der Waals surface area contributed by atoms with Gasteiger partial charge in [0.1, 0.15) is 16.4 Å². The van der Waals surface area contributed by atoms with Crippen LogP contribution in [0.3, 0.4) is 0 Å². The van der Waals surface area contributed by atoms with E-state index >= 15 is 0 Å². The summed E-state index contributed by atoms with van der Waals surface area (Å²) in [4.78, 5) is 19.5. The summed E-state index contributed by atoms with van der Waals surface area (Å²) in [5.41, 5.74) is 3.28. The maximum absolute atomic E-state index is 13.8. The lowest BCUT2D eigenvalue weighted by Crippen LogP contribution is -2.36. The molecule has 1 fully saturated rings. The lowest BCUT2D eigenvalue weighted by molar-refractivity contribution is 0.0510. The van der Waals surface area contributed by atoms with Gasteiger partial charge in [-0.15, -0.1) is 11.3 Å². The van der Waals surface area contributed by atoms with Gasteiger partial charge in [-0.2, -0.15) is 0 Å². The summed E-state index contributed by atoms with van der Waals surface area (Å²) in [6, 6.07) is 14.4. The van der Waals surface area contributed by atoms with E-state index in [1.54, 1.807) is 23.8 Å². The lowest BCUT2D eigenvalue weighted by atomic mass is 10.1. The molecule has 1 saturated heterocycles. The predicted octanol–water partition coefficient (Wildman–Crippen LogP) is 4.73. The van der Waals surface area contributed by atoms with Crippen LogP contribution in [0.4, 0.5) is 4.39 Å². The second-order valence-electron chi connectivity index (χ2n) is 7.52. The van der Waals surface area contributed by atoms with Crippen molar-refractivity contribution in [2.75, 3.05) is 19.8 Å². The number of halogens is 1. The Bertz CT molecular complexity index is 990. The van der Waals surface area contributed by atoms with Crippen molar-refractivity contribution in [3.05, 3.63) is 82.1 Å². The van der Waals surface area contributed by atoms with Gasteiger partial charge in [0.2, 0.25) is 0 Å². The second-order valence-corrected chi connectivity index (χ2v) is 8.41. The summed E-state index contributed by atoms with van der Waals surface area (Å²) in [6.07, 6.45) is 4.16. The fourth-order valence-electron chi connectivity index (χ4n) is 3.66. The van der Waals surface area contributed by atoms with E-state index in [1.165, 1.54) is 17.4 Å². The van der Waals surface area contributed by atoms with E-state index in [2.05, 4.69) is 4.98 Å². The maximum atomic E-state index is 13.8. The molecule has 2 aromatic carbocycles. The molecule has 0 bridgehead atoms. The highest BCUT2D eigenvalue weighted by Gasteiger charge is 2.24. The first-order chi connectivity index (χ1) is 15.2. The largest absolute Gasteiger partial charge is 0.493 e. The fourth-order valence-corrected chi connectivity index (χ4v) is 4.25. The van der Waals surface area contributed by atoms with Crippen LogP contribution in [0.2, 0.25) is 0 Å². The second kappa shape index (κ2) is 10.5. The van der Waals surface area contributed by atoms with Crippen molar-refractivity contribution in [2.24, 2.45) is 0 Å². The number of rotatable bonds is 9. The minimum atomic E-state index is -0.216. The molecule has 0 spiro atoms. The molecule has 1 aromatic heterocycles. The number of benzene rings is 2. The van der Waals surface area contributed by atoms with Crippen LogP contribution in [0.15, 0.2) is 60.2 Å². The Kier molecular flexibility index (Phi) is 7.27. The molecule has 1 atom stereocenters. The van der Waals surface area contributed by atoms with E-state index in [0.717, 1.165) is 25.0 Å². The maximum Gasteiger partial charge on any atom is 0.265 e. The SMILES string of the molecule is O=C(c1cncs1)N(Cc1cccc(OCCc2ccccc2F)c1)CC1CCCO1. The highest BCUT2D eigenvalue weighted by Crippen LogP contribution is 2.21. The van der Waals surface area contributed by atoms with E-state index < -0.39 is 0 Å². The zero-order valence-electron chi connectivity index (χ0n) is 17.2. The molecular formula is C24H25FN2O3S. The van der Waals surface area contributed by atoms with E-state index in [-0.39, 0.29) is 17.8 Å². The van der Waals surface area contributed by atoms with Gasteiger partial charge in [-0.1, -0.05) is 30.3 Å². The highest BCUT2D eigenvalue weighted by molar-refractivity contribution is 7.11. The number of thiazole rings is 1. The van der Waals surface area contributed by atoms with Gasteiger partial charge >= 0.3 is 0 Å². The summed E-state index contributed by atoms with van der Waals surface area (Å²) in [5, 5.41) is 0. The molecule has 1 aliphatic rings. The molecule has 7 heteroatoms. The molecule has 1 amide bonds. The quantitative estimate of drug-likeness (QED) is 0.483. The summed E-state index contributed by atoms with van der Waals surface area (Å²) >= 11 is 1.34.